The first-order valence-corrected chi connectivity index (χ1v) is 5.64. The lowest BCUT2D eigenvalue weighted by atomic mass is 10.3. The summed E-state index contributed by atoms with van der Waals surface area (Å²) in [5.41, 5.74) is -0.717. The van der Waals surface area contributed by atoms with Gasteiger partial charge in [0, 0.05) is 0 Å². The van der Waals surface area contributed by atoms with Gasteiger partial charge < -0.3 is 0 Å². The van der Waals surface area contributed by atoms with Crippen LogP contribution in [0.1, 0.15) is 17.8 Å². The molecule has 0 aliphatic rings. The van der Waals surface area contributed by atoms with Crippen molar-refractivity contribution in [2.24, 2.45) is 5.14 Å². The van der Waals surface area contributed by atoms with E-state index >= 15 is 0 Å². The van der Waals surface area contributed by atoms with E-state index in [2.05, 4.69) is 4.98 Å². The Bertz CT molecular complexity index is 467. The Morgan fingerprint density at radius 2 is 2.07 bits per heavy atom. The molecule has 2 N–H and O–H groups in total. The summed E-state index contributed by atoms with van der Waals surface area (Å²) in [6.45, 7) is 1.25. The molecule has 0 aromatic carbocycles. The van der Waals surface area contributed by atoms with Crippen molar-refractivity contribution in [1.29, 1.82) is 0 Å². The van der Waals surface area contributed by atoms with Gasteiger partial charge in [-0.3, -0.25) is 4.98 Å². The molecule has 4 nitrogen and oxygen atoms in total. The molecule has 0 fully saturated rings. The molecule has 0 saturated carbocycles. The van der Waals surface area contributed by atoms with Crippen molar-refractivity contribution >= 4 is 21.6 Å². The highest BCUT2D eigenvalue weighted by molar-refractivity contribution is 7.89. The number of hydrogen-bond acceptors (Lipinski definition) is 3. The summed E-state index contributed by atoms with van der Waals surface area (Å²) in [5.74, 6) is 0. The van der Waals surface area contributed by atoms with E-state index in [-0.39, 0.29) is 10.7 Å². The van der Waals surface area contributed by atoms with Crippen LogP contribution < -0.4 is 5.14 Å². The van der Waals surface area contributed by atoms with E-state index in [0.717, 1.165) is 6.07 Å². The van der Waals surface area contributed by atoms with Gasteiger partial charge in [0.1, 0.15) is 10.6 Å². The lowest BCUT2D eigenvalue weighted by Gasteiger charge is -2.07. The summed E-state index contributed by atoms with van der Waals surface area (Å²) < 4.78 is 46.5. The Morgan fingerprint density at radius 3 is 2.40 bits per heavy atom. The molecule has 0 aliphatic carbocycles. The maximum Gasteiger partial charge on any atom is 0.280 e. The van der Waals surface area contributed by atoms with Crippen molar-refractivity contribution in [3.8, 4) is 0 Å². The second-order valence-electron chi connectivity index (χ2n) is 2.79. The third kappa shape index (κ3) is 2.61. The van der Waals surface area contributed by atoms with Gasteiger partial charge in [0.2, 0.25) is 10.0 Å². The summed E-state index contributed by atoms with van der Waals surface area (Å²) in [6, 6.07) is 0.791. The van der Waals surface area contributed by atoms with Gasteiger partial charge in [-0.05, 0) is 13.0 Å². The second kappa shape index (κ2) is 3.99. The van der Waals surface area contributed by atoms with Crippen LogP contribution in [-0.4, -0.2) is 13.4 Å². The minimum absolute atomic E-state index is 0.139. The molecular formula is C7H7ClF2N2O2S. The first-order chi connectivity index (χ1) is 6.73. The molecule has 0 atom stereocenters. The van der Waals surface area contributed by atoms with Crippen LogP contribution in [-0.2, 0) is 10.0 Å². The van der Waals surface area contributed by atoms with E-state index in [9.17, 15) is 17.2 Å². The van der Waals surface area contributed by atoms with Crippen LogP contribution in [0.3, 0.4) is 0 Å². The molecule has 0 spiro atoms. The molecular weight excluding hydrogens is 250 g/mol. The lowest BCUT2D eigenvalue weighted by Crippen LogP contribution is -2.15. The van der Waals surface area contributed by atoms with E-state index in [0.29, 0.717) is 0 Å². The maximum absolute atomic E-state index is 12.3. The fraction of sp³-hybridized carbons (Fsp3) is 0.286. The Balaban J connectivity index is 3.48. The van der Waals surface area contributed by atoms with Gasteiger partial charge in [-0.2, -0.15) is 0 Å². The van der Waals surface area contributed by atoms with Crippen LogP contribution in [0.15, 0.2) is 11.0 Å². The highest BCUT2D eigenvalue weighted by Crippen LogP contribution is 2.27. The number of halogens is 3. The summed E-state index contributed by atoms with van der Waals surface area (Å²) in [5, 5.41) is 4.50. The molecule has 1 rings (SSSR count). The number of rotatable bonds is 2. The van der Waals surface area contributed by atoms with Crippen LogP contribution in [0.4, 0.5) is 8.78 Å². The Hall–Kier alpha value is -0.790. The molecule has 1 aromatic heterocycles. The largest absolute Gasteiger partial charge is 0.280 e. The SMILES string of the molecule is Cc1nc(C(F)F)cc(Cl)c1S(N)(=O)=O. The Kier molecular flexibility index (Phi) is 3.27. The molecule has 0 saturated heterocycles. The predicted molar refractivity (Wildman–Crippen MR) is 50.3 cm³/mol. The molecule has 84 valence electrons. The smallest absolute Gasteiger partial charge is 0.251 e. The van der Waals surface area contributed by atoms with Gasteiger partial charge in [-0.25, -0.2) is 22.3 Å². The van der Waals surface area contributed by atoms with Gasteiger partial charge in [-0.15, -0.1) is 0 Å². The standard InChI is InChI=1S/C7H7ClF2N2O2S/c1-3-6(15(11,13)14)4(8)2-5(12-3)7(9)10/h2,7H,1H3,(H2,11,13,14). The van der Waals surface area contributed by atoms with Crippen LogP contribution in [0.25, 0.3) is 0 Å². The van der Waals surface area contributed by atoms with Crippen molar-refractivity contribution in [2.75, 3.05) is 0 Å². The number of pyridine rings is 1. The third-order valence-corrected chi connectivity index (χ3v) is 3.12. The second-order valence-corrected chi connectivity index (χ2v) is 4.69. The average Bonchev–Trinajstić information content (AvgIpc) is 1.99. The van der Waals surface area contributed by atoms with E-state index < -0.39 is 27.0 Å². The number of aromatic nitrogens is 1. The quantitative estimate of drug-likeness (QED) is 0.874. The topological polar surface area (TPSA) is 73.0 Å². The van der Waals surface area contributed by atoms with E-state index in [4.69, 9.17) is 16.7 Å². The fourth-order valence-corrected chi connectivity index (χ4v) is 2.46. The molecule has 0 amide bonds. The summed E-state index contributed by atoms with van der Waals surface area (Å²) in [4.78, 5) is 2.98. The highest BCUT2D eigenvalue weighted by Gasteiger charge is 2.21. The number of aryl methyl sites for hydroxylation is 1. The van der Waals surface area contributed by atoms with Crippen molar-refractivity contribution in [2.45, 2.75) is 18.2 Å². The molecule has 0 aliphatic heterocycles. The average molecular weight is 257 g/mol. The first-order valence-electron chi connectivity index (χ1n) is 3.71. The molecule has 0 bridgehead atoms. The molecule has 8 heteroatoms. The summed E-state index contributed by atoms with van der Waals surface area (Å²) >= 11 is 5.53. The van der Waals surface area contributed by atoms with E-state index in [1.807, 2.05) is 0 Å². The first kappa shape index (κ1) is 12.3. The minimum Gasteiger partial charge on any atom is -0.251 e. The number of primary sulfonamides is 1. The van der Waals surface area contributed by atoms with Crippen LogP contribution in [0.2, 0.25) is 5.02 Å². The van der Waals surface area contributed by atoms with Crippen molar-refractivity contribution in [3.05, 3.63) is 22.5 Å². The van der Waals surface area contributed by atoms with Gasteiger partial charge in [0.25, 0.3) is 6.43 Å². The van der Waals surface area contributed by atoms with Crippen LogP contribution in [0.5, 0.6) is 0 Å². The van der Waals surface area contributed by atoms with Gasteiger partial charge in [0.15, 0.2) is 0 Å². The monoisotopic (exact) mass is 256 g/mol. The van der Waals surface area contributed by atoms with Gasteiger partial charge in [0.05, 0.1) is 10.7 Å². The van der Waals surface area contributed by atoms with Crippen LogP contribution in [0, 0.1) is 6.92 Å². The number of nitrogens with zero attached hydrogens (tertiary/aromatic N) is 1. The zero-order valence-electron chi connectivity index (χ0n) is 7.54. The Labute approximate surface area is 90.1 Å². The fourth-order valence-electron chi connectivity index (χ4n) is 1.10. The van der Waals surface area contributed by atoms with E-state index in [1.165, 1.54) is 6.92 Å². The Morgan fingerprint density at radius 1 is 1.53 bits per heavy atom. The highest BCUT2D eigenvalue weighted by atomic mass is 35.5. The van der Waals surface area contributed by atoms with Crippen molar-refractivity contribution in [3.63, 3.8) is 0 Å². The van der Waals surface area contributed by atoms with Gasteiger partial charge >= 0.3 is 0 Å². The third-order valence-electron chi connectivity index (χ3n) is 1.63. The summed E-state index contributed by atoms with van der Waals surface area (Å²) in [7, 11) is -4.05. The molecule has 0 radical (unpaired) electrons. The minimum atomic E-state index is -4.05. The number of nitrogens with two attached hydrogens (primary N) is 1. The van der Waals surface area contributed by atoms with E-state index in [1.54, 1.807) is 0 Å². The maximum atomic E-state index is 12.3. The van der Waals surface area contributed by atoms with Crippen molar-refractivity contribution < 1.29 is 17.2 Å². The number of hydrogen-bond donors (Lipinski definition) is 1. The lowest BCUT2D eigenvalue weighted by molar-refractivity contribution is 0.145. The molecule has 1 aromatic rings. The zero-order chi connectivity index (χ0) is 11.8. The molecule has 1 heterocycles. The predicted octanol–water partition coefficient (Wildman–Crippen LogP) is 1.63. The summed E-state index contributed by atoms with van der Waals surface area (Å²) in [6.07, 6.45) is -2.81. The molecule has 0 unspecified atom stereocenters. The van der Waals surface area contributed by atoms with Crippen molar-refractivity contribution in [1.82, 2.24) is 4.98 Å². The number of alkyl halides is 2. The zero-order valence-corrected chi connectivity index (χ0v) is 9.11. The normalized spacial score (nSPS) is 12.1. The molecule has 15 heavy (non-hydrogen) atoms. The van der Waals surface area contributed by atoms with Gasteiger partial charge in [-0.1, -0.05) is 11.6 Å². The van der Waals surface area contributed by atoms with Crippen LogP contribution >= 0.6 is 11.6 Å². The number of sulfonamides is 1.